The van der Waals surface area contributed by atoms with Crippen LogP contribution < -0.4 is 0 Å². The van der Waals surface area contributed by atoms with Crippen LogP contribution in [0.15, 0.2) is 146 Å². The fraction of sp³-hybridized carbons (Fsp3) is 0.250. The van der Waals surface area contributed by atoms with Gasteiger partial charge >= 0.3 is 0 Å². The van der Waals surface area contributed by atoms with Gasteiger partial charge in [0.05, 0.1) is 36.5 Å². The number of rotatable bonds is 6. The molecule has 0 amide bonds. The summed E-state index contributed by atoms with van der Waals surface area (Å²) in [6.07, 6.45) is 0.212. The Hall–Kier alpha value is -4.06. The maximum absolute atomic E-state index is 2.59. The monoisotopic (exact) mass is 578 g/mol. The Labute approximate surface area is 262 Å². The summed E-state index contributed by atoms with van der Waals surface area (Å²) < 4.78 is 0. The molecule has 0 N–H and O–H groups in total. The summed E-state index contributed by atoms with van der Waals surface area (Å²) in [5.41, 5.74) is 8.11. The summed E-state index contributed by atoms with van der Waals surface area (Å²) >= 11 is 0. The van der Waals surface area contributed by atoms with Gasteiger partial charge in [-0.15, -0.1) is 0 Å². The fourth-order valence-corrected chi connectivity index (χ4v) is 8.20. The number of benzene rings is 5. The van der Waals surface area contributed by atoms with Crippen molar-refractivity contribution in [3.63, 3.8) is 0 Å². The molecule has 2 saturated heterocycles. The molecule has 0 aliphatic carbocycles. The van der Waals surface area contributed by atoms with E-state index in [1.807, 2.05) is 0 Å². The largest absolute Gasteiger partial charge is 0.278 e. The Kier molecular flexibility index (Phi) is 7.92. The molecule has 44 heavy (non-hydrogen) atoms. The van der Waals surface area contributed by atoms with Crippen molar-refractivity contribution >= 4 is 0 Å². The summed E-state index contributed by atoms with van der Waals surface area (Å²) in [4.78, 5) is 10.3. The molecule has 0 unspecified atom stereocenters. The summed E-state index contributed by atoms with van der Waals surface area (Å²) in [7, 11) is 9.22. The Morgan fingerprint density at radius 3 is 0.727 bits per heavy atom. The van der Waals surface area contributed by atoms with Crippen LogP contribution in [0.25, 0.3) is 0 Å². The van der Waals surface area contributed by atoms with Crippen molar-refractivity contribution in [3.05, 3.63) is 179 Å². The van der Waals surface area contributed by atoms with Gasteiger partial charge in [-0.25, -0.2) is 0 Å². The number of hydrogen-bond acceptors (Lipinski definition) is 4. The molecule has 0 saturated carbocycles. The molecule has 2 heterocycles. The van der Waals surface area contributed by atoms with Crippen molar-refractivity contribution in [2.45, 2.75) is 36.5 Å². The molecule has 0 spiro atoms. The van der Waals surface area contributed by atoms with Gasteiger partial charge in [-0.1, -0.05) is 146 Å². The third-order valence-electron chi connectivity index (χ3n) is 10.0. The van der Waals surface area contributed by atoms with Crippen LogP contribution in [0, 0.1) is 0 Å². The second-order valence-corrected chi connectivity index (χ2v) is 12.5. The normalized spacial score (nSPS) is 24.3. The smallest absolute Gasteiger partial charge is 0.0896 e. The molecular formula is C40H42N4. The van der Waals surface area contributed by atoms with E-state index < -0.39 is 0 Å². The second kappa shape index (κ2) is 12.1. The molecule has 2 aliphatic rings. The molecule has 222 valence electrons. The van der Waals surface area contributed by atoms with Gasteiger partial charge in [0.2, 0.25) is 0 Å². The van der Waals surface area contributed by atoms with Crippen LogP contribution in [-0.4, -0.2) is 47.8 Å². The van der Waals surface area contributed by atoms with Crippen molar-refractivity contribution in [2.75, 3.05) is 28.2 Å². The van der Waals surface area contributed by atoms with Gasteiger partial charge in [0.25, 0.3) is 0 Å². The zero-order valence-electron chi connectivity index (χ0n) is 26.1. The summed E-state index contributed by atoms with van der Waals surface area (Å²) in [6, 6.07) is 54.1. The average Bonchev–Trinajstić information content (AvgIpc) is 3.49. The minimum atomic E-state index is 0.106. The van der Waals surface area contributed by atoms with E-state index in [4.69, 9.17) is 0 Å². The van der Waals surface area contributed by atoms with E-state index in [-0.39, 0.29) is 36.5 Å². The van der Waals surface area contributed by atoms with Crippen LogP contribution in [0.3, 0.4) is 0 Å². The number of hydrogen-bond donors (Lipinski definition) is 0. The van der Waals surface area contributed by atoms with Crippen LogP contribution in [0.4, 0.5) is 0 Å². The Morgan fingerprint density at radius 2 is 0.500 bits per heavy atom. The minimum absolute atomic E-state index is 0.106. The molecule has 2 fully saturated rings. The highest BCUT2D eigenvalue weighted by Crippen LogP contribution is 2.55. The van der Waals surface area contributed by atoms with E-state index in [0.717, 1.165) is 0 Å². The van der Waals surface area contributed by atoms with E-state index in [2.05, 4.69) is 193 Å². The molecule has 5 aromatic rings. The maximum Gasteiger partial charge on any atom is 0.0896 e. The van der Waals surface area contributed by atoms with E-state index >= 15 is 0 Å². The Morgan fingerprint density at radius 1 is 0.295 bits per heavy atom. The quantitative estimate of drug-likeness (QED) is 0.201. The molecule has 2 aliphatic heterocycles. The zero-order chi connectivity index (χ0) is 30.2. The maximum atomic E-state index is 2.59. The lowest BCUT2D eigenvalue weighted by Gasteiger charge is -2.34. The lowest BCUT2D eigenvalue weighted by Crippen LogP contribution is -2.32. The van der Waals surface area contributed by atoms with Gasteiger partial charge in [-0.3, -0.25) is 19.6 Å². The Bertz CT molecular complexity index is 1430. The first kappa shape index (κ1) is 28.7. The first-order chi connectivity index (χ1) is 21.6. The highest BCUT2D eigenvalue weighted by Gasteiger charge is 2.49. The number of nitrogens with zero attached hydrogens (tertiary/aromatic N) is 4. The first-order valence-corrected chi connectivity index (χ1v) is 15.7. The van der Waals surface area contributed by atoms with E-state index in [0.29, 0.717) is 0 Å². The van der Waals surface area contributed by atoms with Crippen molar-refractivity contribution < 1.29 is 0 Å². The van der Waals surface area contributed by atoms with Crippen molar-refractivity contribution in [2.24, 2.45) is 0 Å². The highest BCUT2D eigenvalue weighted by molar-refractivity contribution is 5.40. The van der Waals surface area contributed by atoms with E-state index in [9.17, 15) is 0 Å². The van der Waals surface area contributed by atoms with Crippen molar-refractivity contribution in [3.8, 4) is 0 Å². The second-order valence-electron chi connectivity index (χ2n) is 12.5. The van der Waals surface area contributed by atoms with Crippen LogP contribution in [0.2, 0.25) is 0 Å². The van der Waals surface area contributed by atoms with Gasteiger partial charge in [-0.2, -0.15) is 0 Å². The van der Waals surface area contributed by atoms with Gasteiger partial charge in [0, 0.05) is 0 Å². The molecule has 0 radical (unpaired) electrons. The predicted molar refractivity (Wildman–Crippen MR) is 180 cm³/mol. The van der Waals surface area contributed by atoms with Gasteiger partial charge < -0.3 is 0 Å². The lowest BCUT2D eigenvalue weighted by molar-refractivity contribution is 0.141. The minimum Gasteiger partial charge on any atom is -0.278 e. The zero-order valence-corrected chi connectivity index (χ0v) is 26.1. The molecule has 4 nitrogen and oxygen atoms in total. The van der Waals surface area contributed by atoms with Gasteiger partial charge in [0.15, 0.2) is 0 Å². The molecule has 0 bridgehead atoms. The molecule has 4 heteroatoms. The fourth-order valence-electron chi connectivity index (χ4n) is 8.20. The highest BCUT2D eigenvalue weighted by atomic mass is 15.5. The molecule has 0 aromatic heterocycles. The topological polar surface area (TPSA) is 13.0 Å². The van der Waals surface area contributed by atoms with Crippen LogP contribution in [0.1, 0.15) is 69.9 Å². The van der Waals surface area contributed by atoms with Crippen LogP contribution >= 0.6 is 0 Å². The lowest BCUT2D eigenvalue weighted by atomic mass is 9.93. The summed E-state index contributed by atoms with van der Waals surface area (Å²) in [5, 5.41) is 0. The SMILES string of the molecule is CN1C(c2ccccc2C2N(C)[C@@H](c3ccccc3)[C@H](c3ccccc3)N2C)N(C)[C@@H](c2ccccc2)[C@@H]1c1ccccc1. The third kappa shape index (κ3) is 4.89. The molecule has 7 rings (SSSR count). The summed E-state index contributed by atoms with van der Waals surface area (Å²) in [5.74, 6) is 0. The predicted octanol–water partition coefficient (Wildman–Crippen LogP) is 8.40. The third-order valence-corrected chi connectivity index (χ3v) is 10.0. The van der Waals surface area contributed by atoms with Gasteiger partial charge in [0.1, 0.15) is 0 Å². The summed E-state index contributed by atoms with van der Waals surface area (Å²) in [6.45, 7) is 0. The van der Waals surface area contributed by atoms with Crippen molar-refractivity contribution in [1.82, 2.24) is 19.6 Å². The number of likely N-dealkylation sites (N-methyl/N-ethyl adjacent to an activating group) is 4. The van der Waals surface area contributed by atoms with E-state index in [1.54, 1.807) is 0 Å². The van der Waals surface area contributed by atoms with E-state index in [1.165, 1.54) is 33.4 Å². The average molecular weight is 579 g/mol. The first-order valence-electron chi connectivity index (χ1n) is 15.7. The van der Waals surface area contributed by atoms with Crippen LogP contribution in [0.5, 0.6) is 0 Å². The van der Waals surface area contributed by atoms with Gasteiger partial charge in [-0.05, 0) is 61.6 Å². The molecular weight excluding hydrogens is 536 g/mol. The molecule has 4 atom stereocenters. The van der Waals surface area contributed by atoms with Crippen LogP contribution in [-0.2, 0) is 0 Å². The molecule has 5 aromatic carbocycles. The standard InChI is InChI=1S/C40H42N4/c1-41-35(29-19-9-5-10-20-29)36(30-21-11-6-12-22-30)42(2)39(41)33-27-17-18-28-34(33)40-43(3)37(31-23-13-7-14-24-31)38(44(40)4)32-25-15-8-16-26-32/h5-28,35-40H,1-4H3/t35-,36-,37-,38-/m0/s1. The van der Waals surface area contributed by atoms with Crippen molar-refractivity contribution in [1.29, 1.82) is 0 Å². The Balaban J connectivity index is 1.34.